The Bertz CT molecular complexity index is 1540. The summed E-state index contributed by atoms with van der Waals surface area (Å²) >= 11 is 0. The van der Waals surface area contributed by atoms with Crippen molar-refractivity contribution in [1.82, 2.24) is 5.32 Å². The number of aliphatic hydroxyl groups excluding tert-OH is 5. The van der Waals surface area contributed by atoms with Crippen LogP contribution in [0, 0.1) is 0 Å². The maximum atomic E-state index is 13.4. The van der Waals surface area contributed by atoms with Gasteiger partial charge in [-0.1, -0.05) is 280 Å². The maximum Gasteiger partial charge on any atom is 0.306 e. The number of amides is 1. The van der Waals surface area contributed by atoms with Crippen LogP contribution in [0.5, 0.6) is 0 Å². The van der Waals surface area contributed by atoms with Gasteiger partial charge in [0.15, 0.2) is 12.4 Å². The summed E-state index contributed by atoms with van der Waals surface area (Å²) < 4.78 is 17.6. The molecule has 0 bridgehead atoms. The van der Waals surface area contributed by atoms with Gasteiger partial charge in [0.25, 0.3) is 0 Å². The second kappa shape index (κ2) is 54.7. The highest BCUT2D eigenvalue weighted by Gasteiger charge is 2.47. The molecule has 1 aliphatic rings. The smallest absolute Gasteiger partial charge is 0.306 e. The summed E-state index contributed by atoms with van der Waals surface area (Å²) in [7, 11) is 0. The Balaban J connectivity index is 2.68. The standard InChI is InChI=1S/C67H119NO10/c1-4-7-10-13-16-19-22-25-27-29-30-31-33-34-36-39-42-45-48-51-54-60(71)66(75)68-58(59(70)53-50-47-44-41-38-24-21-18-15-12-9-6-3)57-76-67-65(64(74)63(73)61(56-69)77-67)78-62(72)55-52-49-46-43-40-37-35-32-28-26-23-20-17-14-11-8-5-2/h8,11,17,20,26,28,35,37,43,46,50,53,58-61,63-65,67,69-71,73-74H,4-7,9-10,12-16,18-19,21-25,27,29-34,36,38-42,44-45,47-49,51-52,54-57H2,1-3H3,(H,68,75)/b11-8-,20-17-,28-26-,37-35-,46-43-,53-50+. The predicted molar refractivity (Wildman–Crippen MR) is 324 cm³/mol. The van der Waals surface area contributed by atoms with Crippen LogP contribution in [-0.2, 0) is 23.8 Å². The number of rotatable bonds is 54. The van der Waals surface area contributed by atoms with E-state index in [2.05, 4.69) is 74.7 Å². The van der Waals surface area contributed by atoms with Crippen molar-refractivity contribution in [3.05, 3.63) is 72.9 Å². The first-order valence-electron chi connectivity index (χ1n) is 32.2. The molecule has 1 aliphatic heterocycles. The molecular weight excluding hydrogens is 979 g/mol. The van der Waals surface area contributed by atoms with E-state index in [4.69, 9.17) is 14.2 Å². The molecule has 0 radical (unpaired) electrons. The van der Waals surface area contributed by atoms with Crippen LogP contribution >= 0.6 is 0 Å². The van der Waals surface area contributed by atoms with E-state index in [1.807, 2.05) is 18.2 Å². The number of hydrogen-bond acceptors (Lipinski definition) is 10. The first-order valence-corrected chi connectivity index (χ1v) is 32.2. The van der Waals surface area contributed by atoms with Gasteiger partial charge in [-0.3, -0.25) is 9.59 Å². The van der Waals surface area contributed by atoms with E-state index >= 15 is 0 Å². The maximum absolute atomic E-state index is 13.4. The first-order chi connectivity index (χ1) is 38.2. The molecular formula is C67H119NO10. The van der Waals surface area contributed by atoms with Gasteiger partial charge < -0.3 is 45.1 Å². The highest BCUT2D eigenvalue weighted by Crippen LogP contribution is 2.26. The summed E-state index contributed by atoms with van der Waals surface area (Å²) in [5.41, 5.74) is 0. The van der Waals surface area contributed by atoms with Gasteiger partial charge in [0.2, 0.25) is 5.91 Å². The number of allylic oxidation sites excluding steroid dienone is 11. The van der Waals surface area contributed by atoms with Gasteiger partial charge >= 0.3 is 5.97 Å². The SMILES string of the molecule is CC/C=C\C/C=C\C/C=C\C/C=C\C/C=C\CCCC(=O)OC1C(OCC(NC(=O)C(O)CCCCCCCCCCCCCCCCCCCCCC)C(O)/C=C/CCCCCCCCCCCC)OC(CO)C(O)C1O. The highest BCUT2D eigenvalue weighted by molar-refractivity contribution is 5.80. The number of esters is 1. The minimum Gasteiger partial charge on any atom is -0.454 e. The number of carbonyl (C=O) groups is 2. The third-order valence-corrected chi connectivity index (χ3v) is 14.9. The fraction of sp³-hybridized carbons (Fsp3) is 0.791. The monoisotopic (exact) mass is 1100 g/mol. The number of aliphatic hydroxyl groups is 5. The molecule has 0 aromatic carbocycles. The zero-order chi connectivity index (χ0) is 56.8. The second-order valence-corrected chi connectivity index (χ2v) is 22.1. The van der Waals surface area contributed by atoms with Crippen molar-refractivity contribution in [2.75, 3.05) is 13.2 Å². The number of unbranched alkanes of at least 4 members (excludes halogenated alkanes) is 30. The van der Waals surface area contributed by atoms with Crippen molar-refractivity contribution in [1.29, 1.82) is 0 Å². The largest absolute Gasteiger partial charge is 0.454 e. The Morgan fingerprint density at radius 1 is 0.513 bits per heavy atom. The minimum atomic E-state index is -1.64. The number of nitrogens with one attached hydrogen (secondary N) is 1. The summed E-state index contributed by atoms with van der Waals surface area (Å²) in [5.74, 6) is -1.25. The van der Waals surface area contributed by atoms with E-state index in [0.29, 0.717) is 19.3 Å². The quantitative estimate of drug-likeness (QED) is 0.0195. The van der Waals surface area contributed by atoms with E-state index in [0.717, 1.165) is 70.6 Å². The van der Waals surface area contributed by atoms with Crippen LogP contribution in [0.25, 0.3) is 0 Å². The predicted octanol–water partition coefficient (Wildman–Crippen LogP) is 15.6. The van der Waals surface area contributed by atoms with Crippen LogP contribution in [0.3, 0.4) is 0 Å². The lowest BCUT2D eigenvalue weighted by Gasteiger charge is -2.41. The Morgan fingerprint density at radius 2 is 0.923 bits per heavy atom. The molecule has 1 fully saturated rings. The van der Waals surface area contributed by atoms with Crippen molar-refractivity contribution in [3.8, 4) is 0 Å². The van der Waals surface area contributed by atoms with Crippen molar-refractivity contribution in [3.63, 3.8) is 0 Å². The summed E-state index contributed by atoms with van der Waals surface area (Å²) in [6.07, 6.45) is 59.5. The Hall–Kier alpha value is -2.90. The number of hydrogen-bond donors (Lipinski definition) is 6. The fourth-order valence-corrected chi connectivity index (χ4v) is 9.81. The van der Waals surface area contributed by atoms with Crippen LogP contribution in [-0.4, -0.2) is 99.6 Å². The van der Waals surface area contributed by atoms with Crippen molar-refractivity contribution in [2.45, 2.75) is 327 Å². The molecule has 452 valence electrons. The minimum absolute atomic E-state index is 0.0441. The van der Waals surface area contributed by atoms with Gasteiger partial charge in [-0.2, -0.15) is 0 Å². The van der Waals surface area contributed by atoms with Crippen LogP contribution in [0.2, 0.25) is 0 Å². The van der Waals surface area contributed by atoms with E-state index in [1.165, 1.54) is 154 Å². The molecule has 8 unspecified atom stereocenters. The molecule has 0 aliphatic carbocycles. The summed E-state index contributed by atoms with van der Waals surface area (Å²) in [4.78, 5) is 26.5. The lowest BCUT2D eigenvalue weighted by Crippen LogP contribution is -2.61. The molecule has 1 amide bonds. The van der Waals surface area contributed by atoms with E-state index in [1.54, 1.807) is 6.08 Å². The molecule has 8 atom stereocenters. The van der Waals surface area contributed by atoms with Crippen molar-refractivity contribution in [2.24, 2.45) is 0 Å². The molecule has 1 saturated heterocycles. The normalized spacial score (nSPS) is 19.4. The number of carbonyl (C=O) groups excluding carboxylic acids is 2. The van der Waals surface area contributed by atoms with Crippen LogP contribution < -0.4 is 5.32 Å². The molecule has 11 heteroatoms. The molecule has 1 rings (SSSR count). The van der Waals surface area contributed by atoms with Gasteiger partial charge in [-0.25, -0.2) is 0 Å². The van der Waals surface area contributed by atoms with Crippen LogP contribution in [0.4, 0.5) is 0 Å². The summed E-state index contributed by atoms with van der Waals surface area (Å²) in [5, 5.41) is 57.0. The van der Waals surface area contributed by atoms with Crippen LogP contribution in [0.15, 0.2) is 72.9 Å². The molecule has 0 aromatic rings. The average molecular weight is 1100 g/mol. The van der Waals surface area contributed by atoms with Crippen molar-refractivity contribution >= 4 is 11.9 Å². The first kappa shape index (κ1) is 73.1. The van der Waals surface area contributed by atoms with Gasteiger partial charge in [0, 0.05) is 6.42 Å². The summed E-state index contributed by atoms with van der Waals surface area (Å²) in [6.45, 7) is 5.66. The fourth-order valence-electron chi connectivity index (χ4n) is 9.81. The lowest BCUT2D eigenvalue weighted by molar-refractivity contribution is -0.305. The third kappa shape index (κ3) is 42.0. The Kier molecular flexibility index (Phi) is 51.3. The summed E-state index contributed by atoms with van der Waals surface area (Å²) in [6, 6.07) is -1.04. The van der Waals surface area contributed by atoms with E-state index < -0.39 is 67.4 Å². The Labute approximate surface area is 477 Å². The molecule has 6 N–H and O–H groups in total. The second-order valence-electron chi connectivity index (χ2n) is 22.1. The van der Waals surface area contributed by atoms with Crippen LogP contribution in [0.1, 0.15) is 278 Å². The zero-order valence-corrected chi connectivity index (χ0v) is 50.0. The van der Waals surface area contributed by atoms with Crippen molar-refractivity contribution < 1.29 is 49.3 Å². The van der Waals surface area contributed by atoms with Gasteiger partial charge in [-0.15, -0.1) is 0 Å². The number of ether oxygens (including phenoxy) is 3. The topological polar surface area (TPSA) is 175 Å². The van der Waals surface area contributed by atoms with Gasteiger partial charge in [0.1, 0.15) is 24.4 Å². The average Bonchev–Trinajstić information content (AvgIpc) is 3.45. The highest BCUT2D eigenvalue weighted by atomic mass is 16.7. The Morgan fingerprint density at radius 3 is 1.37 bits per heavy atom. The molecule has 0 saturated carbocycles. The molecule has 11 nitrogen and oxygen atoms in total. The lowest BCUT2D eigenvalue weighted by atomic mass is 9.99. The van der Waals surface area contributed by atoms with Gasteiger partial charge in [0.05, 0.1) is 25.4 Å². The molecule has 0 aromatic heterocycles. The van der Waals surface area contributed by atoms with Gasteiger partial charge in [-0.05, 0) is 64.2 Å². The molecule has 0 spiro atoms. The van der Waals surface area contributed by atoms with E-state index in [-0.39, 0.29) is 19.4 Å². The third-order valence-electron chi connectivity index (χ3n) is 14.9. The van der Waals surface area contributed by atoms with E-state index in [9.17, 15) is 35.1 Å². The molecule has 1 heterocycles. The zero-order valence-electron chi connectivity index (χ0n) is 50.0. The molecule has 78 heavy (non-hydrogen) atoms.